The molecule has 19 heavy (non-hydrogen) atoms. The van der Waals surface area contributed by atoms with Crippen LogP contribution in [0.5, 0.6) is 0 Å². The van der Waals surface area contributed by atoms with E-state index in [0.717, 1.165) is 6.42 Å². The molecule has 0 bridgehead atoms. The Balaban J connectivity index is 2.36. The fraction of sp³-hybridized carbons (Fsp3) is 0.429. The van der Waals surface area contributed by atoms with Gasteiger partial charge >= 0.3 is 5.97 Å². The van der Waals surface area contributed by atoms with Crippen LogP contribution in [0, 0.1) is 0 Å². The molecular weight excluding hydrogens is 246 g/mol. The molecule has 5 nitrogen and oxygen atoms in total. The summed E-state index contributed by atoms with van der Waals surface area (Å²) < 4.78 is 4.80. The number of carbonyl (C=O) groups excluding carboxylic acids is 1. The molecule has 0 aliphatic heterocycles. The molecule has 1 aromatic rings. The van der Waals surface area contributed by atoms with Crippen LogP contribution < -0.4 is 0 Å². The van der Waals surface area contributed by atoms with E-state index in [1.165, 1.54) is 5.56 Å². The maximum atomic E-state index is 11.8. The molecule has 0 aromatic heterocycles. The Morgan fingerprint density at radius 3 is 2.47 bits per heavy atom. The van der Waals surface area contributed by atoms with E-state index >= 15 is 0 Å². The number of carbonyl (C=O) groups is 2. The van der Waals surface area contributed by atoms with Crippen molar-refractivity contribution in [2.45, 2.75) is 13.3 Å². The van der Waals surface area contributed by atoms with Crippen LogP contribution in [0.2, 0.25) is 0 Å². The lowest BCUT2D eigenvalue weighted by molar-refractivity contribution is -0.145. The fourth-order valence-electron chi connectivity index (χ4n) is 1.68. The number of nitrogens with zero attached hydrogens (tertiary/aromatic N) is 1. The third kappa shape index (κ3) is 6.01. The zero-order valence-corrected chi connectivity index (χ0v) is 11.0. The van der Waals surface area contributed by atoms with E-state index in [1.54, 1.807) is 4.90 Å². The van der Waals surface area contributed by atoms with E-state index in [-0.39, 0.29) is 12.5 Å². The van der Waals surface area contributed by atoms with Crippen LogP contribution in [0.4, 0.5) is 0 Å². The van der Waals surface area contributed by atoms with Crippen LogP contribution in [-0.2, 0) is 20.7 Å². The topological polar surface area (TPSA) is 66.8 Å². The summed E-state index contributed by atoms with van der Waals surface area (Å²) in [7, 11) is 0. The molecule has 0 unspecified atom stereocenters. The molecule has 0 aliphatic carbocycles. The molecule has 0 spiro atoms. The summed E-state index contributed by atoms with van der Waals surface area (Å²) in [6.07, 6.45) is 0.777. The molecule has 0 fully saturated rings. The van der Waals surface area contributed by atoms with Crippen molar-refractivity contribution in [2.75, 3.05) is 26.3 Å². The molecule has 1 amide bonds. The van der Waals surface area contributed by atoms with Crippen molar-refractivity contribution in [3.63, 3.8) is 0 Å². The first-order valence-electron chi connectivity index (χ1n) is 6.24. The van der Waals surface area contributed by atoms with Gasteiger partial charge in [0.05, 0.1) is 0 Å². The Morgan fingerprint density at radius 2 is 1.89 bits per heavy atom. The number of rotatable bonds is 8. The molecule has 5 heteroatoms. The maximum absolute atomic E-state index is 11.8. The van der Waals surface area contributed by atoms with Crippen LogP contribution in [0.3, 0.4) is 0 Å². The van der Waals surface area contributed by atoms with Gasteiger partial charge in [0.1, 0.15) is 13.2 Å². The molecule has 0 radical (unpaired) electrons. The number of aliphatic carboxylic acids is 1. The van der Waals surface area contributed by atoms with Gasteiger partial charge in [0.25, 0.3) is 0 Å². The lowest BCUT2D eigenvalue weighted by Crippen LogP contribution is -2.36. The summed E-state index contributed by atoms with van der Waals surface area (Å²) in [4.78, 5) is 23.7. The minimum absolute atomic E-state index is 0.181. The summed E-state index contributed by atoms with van der Waals surface area (Å²) in [5, 5.41) is 8.42. The minimum atomic E-state index is -1.07. The van der Waals surface area contributed by atoms with Crippen molar-refractivity contribution in [3.8, 4) is 0 Å². The number of likely N-dealkylation sites (N-methyl/N-ethyl adjacent to an activating group) is 1. The quantitative estimate of drug-likeness (QED) is 0.766. The van der Waals surface area contributed by atoms with E-state index in [9.17, 15) is 9.59 Å². The standard InChI is InChI=1S/C14H19NO4/c1-2-15(13(16)10-19-11-14(17)18)9-8-12-6-4-3-5-7-12/h3-7H,2,8-11H2,1H3,(H,17,18). The van der Waals surface area contributed by atoms with Gasteiger partial charge in [-0.3, -0.25) is 4.79 Å². The lowest BCUT2D eigenvalue weighted by atomic mass is 10.1. The van der Waals surface area contributed by atoms with Gasteiger partial charge in [0.15, 0.2) is 0 Å². The van der Waals surface area contributed by atoms with Crippen LogP contribution in [0.15, 0.2) is 30.3 Å². The van der Waals surface area contributed by atoms with Gasteiger partial charge < -0.3 is 14.7 Å². The molecule has 1 N–H and O–H groups in total. The largest absolute Gasteiger partial charge is 0.480 e. The van der Waals surface area contributed by atoms with Gasteiger partial charge in [-0.2, -0.15) is 0 Å². The first kappa shape index (κ1) is 15.2. The number of hydrogen-bond donors (Lipinski definition) is 1. The molecule has 0 saturated carbocycles. The Morgan fingerprint density at radius 1 is 1.21 bits per heavy atom. The highest BCUT2D eigenvalue weighted by molar-refractivity contribution is 5.78. The van der Waals surface area contributed by atoms with Gasteiger partial charge in [-0.05, 0) is 18.9 Å². The van der Waals surface area contributed by atoms with Gasteiger partial charge in [0, 0.05) is 13.1 Å². The molecule has 0 aliphatic rings. The first-order chi connectivity index (χ1) is 9.13. The van der Waals surface area contributed by atoms with Crippen molar-refractivity contribution < 1.29 is 19.4 Å². The number of ether oxygens (including phenoxy) is 1. The third-order valence-corrected chi connectivity index (χ3v) is 2.70. The second kappa shape index (κ2) is 8.26. The summed E-state index contributed by atoms with van der Waals surface area (Å²) in [6.45, 7) is 2.45. The van der Waals surface area contributed by atoms with Crippen molar-refractivity contribution in [3.05, 3.63) is 35.9 Å². The van der Waals surface area contributed by atoms with Gasteiger partial charge in [-0.25, -0.2) is 4.79 Å². The summed E-state index contributed by atoms with van der Waals surface area (Å²) in [5.41, 5.74) is 1.17. The summed E-state index contributed by atoms with van der Waals surface area (Å²) in [6, 6.07) is 9.90. The number of hydrogen-bond acceptors (Lipinski definition) is 3. The van der Waals surface area contributed by atoms with E-state index in [2.05, 4.69) is 0 Å². The Labute approximate surface area is 112 Å². The van der Waals surface area contributed by atoms with Crippen LogP contribution in [-0.4, -0.2) is 48.2 Å². The van der Waals surface area contributed by atoms with Crippen molar-refractivity contribution in [1.82, 2.24) is 4.90 Å². The number of carboxylic acids is 1. The van der Waals surface area contributed by atoms with E-state index < -0.39 is 12.6 Å². The predicted molar refractivity (Wildman–Crippen MR) is 70.9 cm³/mol. The van der Waals surface area contributed by atoms with Crippen LogP contribution in [0.25, 0.3) is 0 Å². The van der Waals surface area contributed by atoms with Gasteiger partial charge in [0.2, 0.25) is 5.91 Å². The normalized spacial score (nSPS) is 10.2. The molecule has 0 saturated heterocycles. The van der Waals surface area contributed by atoms with E-state index in [4.69, 9.17) is 9.84 Å². The van der Waals surface area contributed by atoms with Gasteiger partial charge in [-0.15, -0.1) is 0 Å². The predicted octanol–water partition coefficient (Wildman–Crippen LogP) is 1.18. The lowest BCUT2D eigenvalue weighted by Gasteiger charge is -2.20. The third-order valence-electron chi connectivity index (χ3n) is 2.70. The highest BCUT2D eigenvalue weighted by Crippen LogP contribution is 2.02. The zero-order valence-electron chi connectivity index (χ0n) is 11.0. The van der Waals surface area contributed by atoms with Gasteiger partial charge in [-0.1, -0.05) is 30.3 Å². The highest BCUT2D eigenvalue weighted by atomic mass is 16.5. The van der Waals surface area contributed by atoms with E-state index in [1.807, 2.05) is 37.3 Å². The summed E-state index contributed by atoms with van der Waals surface area (Å²) in [5.74, 6) is -1.25. The number of amides is 1. The smallest absolute Gasteiger partial charge is 0.329 e. The van der Waals surface area contributed by atoms with Crippen molar-refractivity contribution >= 4 is 11.9 Å². The SMILES string of the molecule is CCN(CCc1ccccc1)C(=O)COCC(=O)O. The zero-order chi connectivity index (χ0) is 14.1. The average Bonchev–Trinajstić information content (AvgIpc) is 2.40. The van der Waals surface area contributed by atoms with E-state index in [0.29, 0.717) is 13.1 Å². The monoisotopic (exact) mass is 265 g/mol. The average molecular weight is 265 g/mol. The molecule has 1 rings (SSSR count). The minimum Gasteiger partial charge on any atom is -0.480 e. The maximum Gasteiger partial charge on any atom is 0.329 e. The fourth-order valence-corrected chi connectivity index (χ4v) is 1.68. The van der Waals surface area contributed by atoms with Crippen LogP contribution in [0.1, 0.15) is 12.5 Å². The Kier molecular flexibility index (Phi) is 6.60. The van der Waals surface area contributed by atoms with Crippen molar-refractivity contribution in [1.29, 1.82) is 0 Å². The Bertz CT molecular complexity index is 405. The summed E-state index contributed by atoms with van der Waals surface area (Å²) >= 11 is 0. The number of carboxylic acid groups (broad SMARTS) is 1. The molecule has 0 atom stereocenters. The molecule has 0 heterocycles. The first-order valence-corrected chi connectivity index (χ1v) is 6.24. The van der Waals surface area contributed by atoms with Crippen LogP contribution >= 0.6 is 0 Å². The molecule has 1 aromatic carbocycles. The number of benzene rings is 1. The highest BCUT2D eigenvalue weighted by Gasteiger charge is 2.12. The second-order valence-corrected chi connectivity index (χ2v) is 4.10. The molecule has 104 valence electrons. The second-order valence-electron chi connectivity index (χ2n) is 4.10. The van der Waals surface area contributed by atoms with Crippen molar-refractivity contribution in [2.24, 2.45) is 0 Å². The Hall–Kier alpha value is -1.88. The molecular formula is C14H19NO4.